The van der Waals surface area contributed by atoms with Crippen LogP contribution in [0.5, 0.6) is 0 Å². The molecule has 4 heterocycles. The average molecular weight is 433 g/mol. The minimum atomic E-state index is -0.331. The van der Waals surface area contributed by atoms with E-state index < -0.39 is 0 Å². The van der Waals surface area contributed by atoms with E-state index in [-0.39, 0.29) is 16.7 Å². The zero-order valence-electron chi connectivity index (χ0n) is 19.1. The number of likely N-dealkylation sites (tertiary alicyclic amines) is 3. The van der Waals surface area contributed by atoms with Gasteiger partial charge in [0.15, 0.2) is 0 Å². The Hall–Kier alpha value is -2.73. The number of rotatable bonds is 3. The van der Waals surface area contributed by atoms with Crippen LogP contribution >= 0.6 is 0 Å². The first kappa shape index (κ1) is 21.1. The van der Waals surface area contributed by atoms with Crippen molar-refractivity contribution in [3.63, 3.8) is 0 Å². The molecule has 2 amide bonds. The van der Waals surface area contributed by atoms with Gasteiger partial charge in [0.1, 0.15) is 0 Å². The van der Waals surface area contributed by atoms with Crippen LogP contribution in [0.2, 0.25) is 0 Å². The van der Waals surface area contributed by atoms with Crippen LogP contribution in [0.15, 0.2) is 48.8 Å². The highest BCUT2D eigenvalue weighted by Gasteiger charge is 2.64. The maximum absolute atomic E-state index is 13.5. The fourth-order valence-corrected chi connectivity index (χ4v) is 6.35. The molecule has 1 aromatic heterocycles. The first-order valence-corrected chi connectivity index (χ1v) is 11.7. The van der Waals surface area contributed by atoms with Crippen molar-refractivity contribution in [2.45, 2.75) is 32.7 Å². The number of carbonyl (C=O) groups is 2. The van der Waals surface area contributed by atoms with Gasteiger partial charge in [0, 0.05) is 69.7 Å². The van der Waals surface area contributed by atoms with Crippen molar-refractivity contribution in [2.24, 2.45) is 10.8 Å². The summed E-state index contributed by atoms with van der Waals surface area (Å²) in [6, 6.07) is 11.9. The number of fused-ring (bicyclic) bond motifs is 1. The maximum atomic E-state index is 13.5. The molecule has 3 aliphatic heterocycles. The number of piperidine rings is 1. The molecule has 3 saturated heterocycles. The summed E-state index contributed by atoms with van der Waals surface area (Å²) in [5.41, 5.74) is 2.65. The van der Waals surface area contributed by atoms with Gasteiger partial charge in [-0.2, -0.15) is 0 Å². The van der Waals surface area contributed by atoms with E-state index in [2.05, 4.69) is 16.0 Å². The van der Waals surface area contributed by atoms with Crippen molar-refractivity contribution in [1.29, 1.82) is 0 Å². The molecule has 1 aromatic carbocycles. The van der Waals surface area contributed by atoms with Gasteiger partial charge in [-0.25, -0.2) is 0 Å². The van der Waals surface area contributed by atoms with E-state index in [9.17, 15) is 9.59 Å². The van der Waals surface area contributed by atoms with Crippen LogP contribution in [0.4, 0.5) is 0 Å². The van der Waals surface area contributed by atoms with Crippen LogP contribution in [0, 0.1) is 17.8 Å². The summed E-state index contributed by atoms with van der Waals surface area (Å²) in [6.45, 7) is 6.81. The number of carbonyl (C=O) groups excluding carboxylic acids is 2. The Bertz CT molecular complexity index is 1020. The molecule has 6 heteroatoms. The average Bonchev–Trinajstić information content (AvgIpc) is 3.26. The molecule has 1 atom stereocenters. The van der Waals surface area contributed by atoms with E-state index in [4.69, 9.17) is 0 Å². The van der Waals surface area contributed by atoms with Gasteiger partial charge in [0.05, 0.1) is 5.41 Å². The zero-order chi connectivity index (χ0) is 22.3. The summed E-state index contributed by atoms with van der Waals surface area (Å²) < 4.78 is 0. The first-order chi connectivity index (χ1) is 15.4. The Balaban J connectivity index is 1.37. The van der Waals surface area contributed by atoms with Crippen molar-refractivity contribution in [3.8, 4) is 0 Å². The van der Waals surface area contributed by atoms with Crippen molar-refractivity contribution < 1.29 is 9.59 Å². The van der Waals surface area contributed by atoms with Crippen LogP contribution in [0.1, 0.15) is 40.7 Å². The van der Waals surface area contributed by atoms with E-state index in [0.717, 1.165) is 56.6 Å². The second-order valence-electron chi connectivity index (χ2n) is 10.0. The maximum Gasteiger partial charge on any atom is 0.253 e. The molecule has 0 radical (unpaired) electrons. The fraction of sp³-hybridized carbons (Fsp3) is 0.500. The van der Waals surface area contributed by atoms with Crippen LogP contribution in [0.3, 0.4) is 0 Å². The lowest BCUT2D eigenvalue weighted by Gasteiger charge is -2.47. The summed E-state index contributed by atoms with van der Waals surface area (Å²) in [7, 11) is 1.94. The van der Waals surface area contributed by atoms with E-state index in [1.54, 1.807) is 6.20 Å². The number of pyridine rings is 1. The molecule has 32 heavy (non-hydrogen) atoms. The summed E-state index contributed by atoms with van der Waals surface area (Å²) in [5, 5.41) is 0. The second kappa shape index (κ2) is 8.00. The Morgan fingerprint density at radius 2 is 1.88 bits per heavy atom. The van der Waals surface area contributed by atoms with Crippen LogP contribution in [-0.4, -0.2) is 71.3 Å². The van der Waals surface area contributed by atoms with Crippen LogP contribution in [0.25, 0.3) is 0 Å². The van der Waals surface area contributed by atoms with Gasteiger partial charge in [-0.1, -0.05) is 23.8 Å². The van der Waals surface area contributed by atoms with Gasteiger partial charge in [-0.15, -0.1) is 0 Å². The van der Waals surface area contributed by atoms with E-state index in [0.29, 0.717) is 19.0 Å². The van der Waals surface area contributed by atoms with Gasteiger partial charge in [0.25, 0.3) is 5.91 Å². The molecule has 2 spiro atoms. The lowest BCUT2D eigenvalue weighted by Crippen LogP contribution is -2.53. The molecule has 0 N–H and O–H groups in total. The number of benzene rings is 1. The molecule has 6 nitrogen and oxygen atoms in total. The summed E-state index contributed by atoms with van der Waals surface area (Å²) in [5.74, 6) is 0.405. The molecule has 2 aromatic rings. The molecular weight excluding hydrogens is 400 g/mol. The molecular formula is C26H32N4O2. The lowest BCUT2D eigenvalue weighted by molar-refractivity contribution is -0.141. The van der Waals surface area contributed by atoms with Gasteiger partial charge in [0.2, 0.25) is 5.91 Å². The van der Waals surface area contributed by atoms with E-state index >= 15 is 0 Å². The largest absolute Gasteiger partial charge is 0.345 e. The quantitative estimate of drug-likeness (QED) is 0.748. The molecule has 0 bridgehead atoms. The van der Waals surface area contributed by atoms with E-state index in [1.807, 2.05) is 60.3 Å². The highest BCUT2D eigenvalue weighted by molar-refractivity contribution is 5.94. The van der Waals surface area contributed by atoms with Crippen LogP contribution < -0.4 is 0 Å². The molecule has 3 aliphatic rings. The monoisotopic (exact) mass is 432 g/mol. The minimum absolute atomic E-state index is 0.0690. The van der Waals surface area contributed by atoms with Crippen LogP contribution in [-0.2, 0) is 11.3 Å². The Morgan fingerprint density at radius 1 is 1.06 bits per heavy atom. The van der Waals surface area contributed by atoms with Crippen molar-refractivity contribution in [2.75, 3.05) is 39.8 Å². The smallest absolute Gasteiger partial charge is 0.253 e. The van der Waals surface area contributed by atoms with Gasteiger partial charge >= 0.3 is 0 Å². The van der Waals surface area contributed by atoms with Crippen molar-refractivity contribution in [1.82, 2.24) is 19.7 Å². The summed E-state index contributed by atoms with van der Waals surface area (Å²) >= 11 is 0. The number of hydrogen-bond acceptors (Lipinski definition) is 4. The number of nitrogens with zero attached hydrogens (tertiary/aromatic N) is 4. The number of amides is 2. The summed E-state index contributed by atoms with van der Waals surface area (Å²) in [4.78, 5) is 37.2. The standard InChI is InChI=1S/C26H32N4O2/c1-20-5-3-7-22(15-20)23(31)30-13-8-25(9-14-30)18-29(17-21-6-4-11-27-16-21)19-26(25)10-12-28(2)24(26)32/h3-7,11,15-16H,8-10,12-14,17-19H2,1-2H3. The van der Waals surface area contributed by atoms with Gasteiger partial charge in [-0.05, 0) is 49.9 Å². The Labute approximate surface area is 190 Å². The zero-order valence-corrected chi connectivity index (χ0v) is 19.1. The molecule has 168 valence electrons. The summed E-state index contributed by atoms with van der Waals surface area (Å²) in [6.07, 6.45) is 6.40. The fourth-order valence-electron chi connectivity index (χ4n) is 6.35. The molecule has 5 rings (SSSR count). The van der Waals surface area contributed by atoms with Gasteiger partial charge in [-0.3, -0.25) is 19.5 Å². The second-order valence-corrected chi connectivity index (χ2v) is 10.0. The normalized spacial score (nSPS) is 25.2. The van der Waals surface area contributed by atoms with Crippen molar-refractivity contribution in [3.05, 3.63) is 65.5 Å². The predicted octanol–water partition coefficient (Wildman–Crippen LogP) is 2.98. The first-order valence-electron chi connectivity index (χ1n) is 11.7. The SMILES string of the molecule is Cc1cccc(C(=O)N2CCC3(CC2)CN(Cc2cccnc2)CC32CCN(C)C2=O)c1. The third-order valence-electron chi connectivity index (χ3n) is 8.07. The third-order valence-corrected chi connectivity index (χ3v) is 8.07. The molecule has 0 aliphatic carbocycles. The highest BCUT2D eigenvalue weighted by atomic mass is 16.2. The Morgan fingerprint density at radius 3 is 2.53 bits per heavy atom. The molecule has 3 fully saturated rings. The van der Waals surface area contributed by atoms with E-state index in [1.165, 1.54) is 5.56 Å². The molecule has 0 saturated carbocycles. The predicted molar refractivity (Wildman–Crippen MR) is 123 cm³/mol. The van der Waals surface area contributed by atoms with Crippen molar-refractivity contribution >= 4 is 11.8 Å². The lowest BCUT2D eigenvalue weighted by atomic mass is 9.60. The minimum Gasteiger partial charge on any atom is -0.345 e. The topological polar surface area (TPSA) is 56.8 Å². The van der Waals surface area contributed by atoms with Gasteiger partial charge < -0.3 is 9.80 Å². The number of aryl methyl sites for hydroxylation is 1. The molecule has 1 unspecified atom stereocenters. The third kappa shape index (κ3) is 3.41. The Kier molecular flexibility index (Phi) is 5.28. The number of aromatic nitrogens is 1. The highest BCUT2D eigenvalue weighted by Crippen LogP contribution is 2.57. The number of hydrogen-bond donors (Lipinski definition) is 0.